The summed E-state index contributed by atoms with van der Waals surface area (Å²) in [4.78, 5) is 150. The zero-order valence-electron chi connectivity index (χ0n) is 79.9. The fraction of sp³-hybridized carbons (Fsp3) is 0.276. The van der Waals surface area contributed by atoms with Crippen LogP contribution in [0.4, 0.5) is 0 Å². The third-order valence-electron chi connectivity index (χ3n) is 24.3. The monoisotopic (exact) mass is 2000 g/mol. The van der Waals surface area contributed by atoms with Gasteiger partial charge in [0, 0.05) is 6.42 Å². The van der Waals surface area contributed by atoms with Crippen LogP contribution in [0.25, 0.3) is 0 Å². The highest BCUT2D eigenvalue weighted by Gasteiger charge is 2.62. The van der Waals surface area contributed by atoms with E-state index in [1.807, 2.05) is 0 Å². The summed E-state index contributed by atoms with van der Waals surface area (Å²) >= 11 is 0. The summed E-state index contributed by atoms with van der Waals surface area (Å²) in [6, 6.07) is 98.1. The van der Waals surface area contributed by atoms with E-state index >= 15 is 28.8 Å². The van der Waals surface area contributed by atoms with Crippen molar-refractivity contribution in [2.45, 2.75) is 169 Å². The summed E-state index contributed by atoms with van der Waals surface area (Å²) in [5.41, 5.74) is 2.34. The van der Waals surface area contributed by atoms with Crippen molar-refractivity contribution in [1.82, 2.24) is 0 Å². The van der Waals surface area contributed by atoms with Gasteiger partial charge in [-0.15, -0.1) is 6.58 Å². The zero-order valence-corrected chi connectivity index (χ0v) is 79.9. The molecule has 12 aromatic carbocycles. The standard InChI is InChI=1S/C116H108O31/c1-3-66-127-113-103(143-111(125)86-60-36-14-37-61-86)97(93(128-67-76-40-16-4-17-41-76)88(136-113)71-132-105(119)80-48-24-8-25-49-80)145-115-102(131-70-79-46-22-7-23-47-79)100(96(142-110(124)85-58-34-13-35-59-85)91(139-115)74-135-108(122)83-54-30-11-31-55-83)147-116-104(144-112(126)87-62-38-15-39-63-87)98(94(129-68-77-42-18-5-19-43-77)89(137-116)72-133-106(120)81-50-26-9-27-51-81)146-114-101(130-69-78-44-20-6-21-45-78)99(140-92(118)65-64-75(2)117)95(141-109(123)84-56-32-12-33-57-84)90(138-114)73-134-107(121)82-52-28-10-29-53-82/h3-63,88-91,93-104,113-116H,1,64-74H2,2H3/t88?,89?,90?,91?,93-,94-,95-,96-,97?,98?,99?,100?,101?,102?,103?,104?,113+,114+,115+,116-/m0/s1. The van der Waals surface area contributed by atoms with Crippen molar-refractivity contribution in [1.29, 1.82) is 0 Å². The predicted octanol–water partition coefficient (Wildman–Crippen LogP) is 16.2. The fourth-order valence-corrected chi connectivity index (χ4v) is 16.9. The highest BCUT2D eigenvalue weighted by molar-refractivity contribution is 5.93. The minimum absolute atomic E-state index is 0.00375. The summed E-state index contributed by atoms with van der Waals surface area (Å²) in [5.74, 6) is -9.06. The molecule has 0 N–H and O–H groups in total. The first-order chi connectivity index (χ1) is 71.9. The van der Waals surface area contributed by atoms with Crippen molar-refractivity contribution in [3.63, 3.8) is 0 Å². The Kier molecular flexibility index (Phi) is 37.8. The molecule has 12 unspecified atom stereocenters. The Hall–Kier alpha value is -15.2. The van der Waals surface area contributed by atoms with Crippen molar-refractivity contribution in [3.05, 3.63) is 443 Å². The van der Waals surface area contributed by atoms with Crippen LogP contribution in [0.3, 0.4) is 0 Å². The lowest BCUT2D eigenvalue weighted by atomic mass is 9.94. The fourth-order valence-electron chi connectivity index (χ4n) is 16.9. The lowest BCUT2D eigenvalue weighted by Crippen LogP contribution is -2.69. The molecule has 0 aliphatic carbocycles. The van der Waals surface area contributed by atoms with E-state index in [0.717, 1.165) is 0 Å². The number of rotatable bonds is 45. The first-order valence-electron chi connectivity index (χ1n) is 48.0. The first-order valence-corrected chi connectivity index (χ1v) is 48.0. The first kappa shape index (κ1) is 105. The van der Waals surface area contributed by atoms with Crippen LogP contribution < -0.4 is 0 Å². The van der Waals surface area contributed by atoms with Crippen LogP contribution >= 0.6 is 0 Å². The lowest BCUT2D eigenvalue weighted by molar-refractivity contribution is -0.396. The van der Waals surface area contributed by atoms with Crippen LogP contribution in [-0.4, -0.2) is 215 Å². The van der Waals surface area contributed by atoms with E-state index in [0.29, 0.717) is 22.3 Å². The van der Waals surface area contributed by atoms with Crippen molar-refractivity contribution in [2.24, 2.45) is 0 Å². The molecule has 31 nitrogen and oxygen atoms in total. The Labute approximate surface area is 847 Å². The minimum atomic E-state index is -2.32. The number of hydrogen-bond acceptors (Lipinski definition) is 31. The maximum atomic E-state index is 16.2. The molecule has 20 atom stereocenters. The Morgan fingerprint density at radius 3 is 0.728 bits per heavy atom. The molecule has 4 heterocycles. The van der Waals surface area contributed by atoms with E-state index in [1.54, 1.807) is 279 Å². The van der Waals surface area contributed by atoms with Crippen molar-refractivity contribution < 1.29 is 147 Å². The summed E-state index contributed by atoms with van der Waals surface area (Å²) in [6.07, 6.45) is -37.8. The largest absolute Gasteiger partial charge is 0.459 e. The van der Waals surface area contributed by atoms with E-state index < -0.39 is 222 Å². The van der Waals surface area contributed by atoms with Crippen LogP contribution in [0, 0.1) is 0 Å². The van der Waals surface area contributed by atoms with Crippen LogP contribution in [-0.2, 0) is 135 Å². The Morgan fingerprint density at radius 1 is 0.231 bits per heavy atom. The average Bonchev–Trinajstić information content (AvgIpc) is 0.748. The molecular formula is C116H108O31. The van der Waals surface area contributed by atoms with Crippen molar-refractivity contribution >= 4 is 59.5 Å². The van der Waals surface area contributed by atoms with Gasteiger partial charge >= 0.3 is 53.7 Å². The molecule has 0 bridgehead atoms. The van der Waals surface area contributed by atoms with Gasteiger partial charge in [-0.1, -0.05) is 273 Å². The number of hydrogen-bond donors (Lipinski definition) is 0. The second-order valence-corrected chi connectivity index (χ2v) is 34.6. The Balaban J connectivity index is 0.924. The number of ketones is 1. The minimum Gasteiger partial charge on any atom is -0.459 e. The SMILES string of the molecule is C=CCO[C@@H]1OC(COC(=O)c2ccccc2)[C@H](OCc2ccccc2)C(O[C@H]2OC(COC(=O)c3ccccc3)[C@H](OC(=O)c3ccccc3)C(O[C@@H]3OC(COC(=O)c4ccccc4)[C@H](OCc4ccccc4)C(O[C@H]4OC(COC(=O)c5ccccc5)[C@H](OC(=O)c5ccccc5)C(OC(=O)CCC(C)=O)C4OCc4ccccc4)C3OC(=O)c3ccccc3)C2OCc2ccccc2)C1OC(=O)c1ccccc1. The second kappa shape index (κ2) is 53.1. The lowest BCUT2D eigenvalue weighted by Gasteiger charge is -2.52. The molecule has 0 aromatic heterocycles. The van der Waals surface area contributed by atoms with Gasteiger partial charge in [0.1, 0.15) is 99.4 Å². The van der Waals surface area contributed by atoms with E-state index in [2.05, 4.69) is 6.58 Å². The smallest absolute Gasteiger partial charge is 0.338 e. The molecule has 4 aliphatic rings. The molecule has 0 spiro atoms. The Morgan fingerprint density at radius 2 is 0.449 bits per heavy atom. The molecule has 4 aliphatic heterocycles. The zero-order chi connectivity index (χ0) is 102. The summed E-state index contributed by atoms with van der Waals surface area (Å²) in [6.45, 7) is 0.367. The van der Waals surface area contributed by atoms with Gasteiger partial charge in [-0.2, -0.15) is 0 Å². The van der Waals surface area contributed by atoms with Gasteiger partial charge in [0.15, 0.2) is 55.7 Å². The summed E-state index contributed by atoms with van der Waals surface area (Å²) in [7, 11) is 0. The van der Waals surface area contributed by atoms with Gasteiger partial charge < -0.3 is 104 Å². The number of benzene rings is 12. The van der Waals surface area contributed by atoms with E-state index in [-0.39, 0.29) is 77.4 Å². The normalized spacial score (nSPS) is 23.6. The number of carbonyl (C=O) groups is 10. The summed E-state index contributed by atoms with van der Waals surface area (Å²) in [5, 5.41) is 0. The molecule has 0 saturated carbocycles. The molecule has 0 amide bonds. The molecular weight excluding hydrogens is 1890 g/mol. The molecule has 147 heavy (non-hydrogen) atoms. The molecule has 0 radical (unpaired) electrons. The Bertz CT molecular complexity index is 6240. The van der Waals surface area contributed by atoms with Crippen molar-refractivity contribution in [2.75, 3.05) is 33.0 Å². The maximum Gasteiger partial charge on any atom is 0.338 e. The van der Waals surface area contributed by atoms with Crippen LogP contribution in [0.5, 0.6) is 0 Å². The van der Waals surface area contributed by atoms with E-state index in [1.165, 1.54) is 97.9 Å². The van der Waals surface area contributed by atoms with Crippen LogP contribution in [0.15, 0.2) is 377 Å². The number of esters is 9. The van der Waals surface area contributed by atoms with Crippen LogP contribution in [0.2, 0.25) is 0 Å². The average molecular weight is 2000 g/mol. The third kappa shape index (κ3) is 28.9. The predicted molar refractivity (Wildman–Crippen MR) is 525 cm³/mol. The topological polar surface area (TPSA) is 365 Å². The molecule has 16 rings (SSSR count). The highest BCUT2D eigenvalue weighted by atomic mass is 16.8. The van der Waals surface area contributed by atoms with Crippen molar-refractivity contribution in [3.8, 4) is 0 Å². The van der Waals surface area contributed by atoms with Gasteiger partial charge in [-0.3, -0.25) is 4.79 Å². The van der Waals surface area contributed by atoms with Gasteiger partial charge in [-0.25, -0.2) is 38.4 Å². The molecule has 4 saturated heterocycles. The van der Waals surface area contributed by atoms with E-state index in [4.69, 9.17) is 99.5 Å². The van der Waals surface area contributed by atoms with Gasteiger partial charge in [-0.05, 0) is 126 Å². The van der Waals surface area contributed by atoms with Gasteiger partial charge in [0.25, 0.3) is 0 Å². The number of carbonyl (C=O) groups excluding carboxylic acids is 10. The quantitative estimate of drug-likeness (QED) is 0.0194. The number of Topliss-reactive ketones (excluding diaryl/α,β-unsaturated/α-hetero) is 1. The molecule has 4 fully saturated rings. The summed E-state index contributed by atoms with van der Waals surface area (Å²) < 4.78 is 147. The number of ether oxygens (including phenoxy) is 21. The second-order valence-electron chi connectivity index (χ2n) is 34.6. The van der Waals surface area contributed by atoms with Crippen LogP contribution in [0.1, 0.15) is 125 Å². The molecule has 12 aromatic rings. The highest BCUT2D eigenvalue weighted by Crippen LogP contribution is 2.43. The van der Waals surface area contributed by atoms with E-state index in [9.17, 15) is 19.2 Å². The molecule has 758 valence electrons. The molecule has 31 heteroatoms. The third-order valence-corrected chi connectivity index (χ3v) is 24.3. The van der Waals surface area contributed by atoms with Gasteiger partial charge in [0.05, 0.1) is 84.0 Å². The van der Waals surface area contributed by atoms with Gasteiger partial charge in [0.2, 0.25) is 0 Å². The maximum absolute atomic E-state index is 16.2.